The predicted octanol–water partition coefficient (Wildman–Crippen LogP) is 2.82. The van der Waals surface area contributed by atoms with Crippen LogP contribution in [0.4, 0.5) is 24.7 Å². The van der Waals surface area contributed by atoms with E-state index in [1.807, 2.05) is 6.07 Å². The van der Waals surface area contributed by atoms with Crippen molar-refractivity contribution in [2.24, 2.45) is 0 Å². The Kier molecular flexibility index (Phi) is 8.08. The van der Waals surface area contributed by atoms with Crippen LogP contribution in [0.5, 0.6) is 5.75 Å². The number of carboxylic acid groups (broad SMARTS) is 1. The number of anilines is 2. The number of nitrogens with two attached hydrogens (primary N) is 1. The highest BCUT2D eigenvalue weighted by Gasteiger charge is 2.32. The van der Waals surface area contributed by atoms with Gasteiger partial charge in [0.05, 0.1) is 12.1 Å². The van der Waals surface area contributed by atoms with Crippen LogP contribution in [0, 0.1) is 0 Å². The van der Waals surface area contributed by atoms with Gasteiger partial charge < -0.3 is 26.2 Å². The van der Waals surface area contributed by atoms with Gasteiger partial charge in [-0.15, -0.1) is 13.2 Å². The van der Waals surface area contributed by atoms with Gasteiger partial charge >= 0.3 is 12.3 Å². The van der Waals surface area contributed by atoms with Crippen molar-refractivity contribution in [3.63, 3.8) is 0 Å². The lowest BCUT2D eigenvalue weighted by molar-refractivity contribution is -0.274. The Hall–Kier alpha value is -3.01. The fourth-order valence-corrected chi connectivity index (χ4v) is 2.67. The van der Waals surface area contributed by atoms with Gasteiger partial charge in [-0.25, -0.2) is 4.98 Å². The number of benzene rings is 1. The van der Waals surface area contributed by atoms with Gasteiger partial charge in [0.15, 0.2) is 0 Å². The highest BCUT2D eigenvalue weighted by atomic mass is 19.4. The number of hydrogen-bond acceptors (Lipinski definition) is 6. The lowest BCUT2D eigenvalue weighted by atomic mass is 10.0. The lowest BCUT2D eigenvalue weighted by Crippen LogP contribution is -2.21. The summed E-state index contributed by atoms with van der Waals surface area (Å²) in [5.74, 6) is -1.28. The Bertz CT molecular complexity index is 816. The number of alkyl halides is 3. The molecule has 0 bridgehead atoms. The van der Waals surface area contributed by atoms with E-state index in [-0.39, 0.29) is 5.56 Å². The molecule has 0 radical (unpaired) electrons. The van der Waals surface area contributed by atoms with Gasteiger partial charge in [-0.1, -0.05) is 12.1 Å². The van der Waals surface area contributed by atoms with Gasteiger partial charge in [0.25, 0.3) is 0 Å². The second-order valence-electron chi connectivity index (χ2n) is 6.28. The molecule has 0 aliphatic rings. The molecule has 7 nitrogen and oxygen atoms in total. The van der Waals surface area contributed by atoms with Gasteiger partial charge in [-0.2, -0.15) is 0 Å². The van der Waals surface area contributed by atoms with Crippen molar-refractivity contribution in [3.05, 3.63) is 47.7 Å². The van der Waals surface area contributed by atoms with Crippen molar-refractivity contribution in [2.75, 3.05) is 30.7 Å². The summed E-state index contributed by atoms with van der Waals surface area (Å²) in [6, 6.07) is 7.73. The van der Waals surface area contributed by atoms with E-state index in [0.717, 1.165) is 30.3 Å². The van der Waals surface area contributed by atoms with Crippen LogP contribution < -0.4 is 21.1 Å². The number of carboxylic acids is 1. The molecule has 0 fully saturated rings. The van der Waals surface area contributed by atoms with E-state index in [2.05, 4.69) is 20.4 Å². The summed E-state index contributed by atoms with van der Waals surface area (Å²) in [5, 5.41) is 15.3. The van der Waals surface area contributed by atoms with E-state index in [4.69, 9.17) is 10.8 Å². The summed E-state index contributed by atoms with van der Waals surface area (Å²) < 4.78 is 41.2. The van der Waals surface area contributed by atoms with Crippen molar-refractivity contribution < 1.29 is 27.8 Å². The molecule has 1 aromatic carbocycles. The number of halogens is 3. The number of aliphatic carboxylic acids is 1. The zero-order chi connectivity index (χ0) is 21.3. The lowest BCUT2D eigenvalue weighted by Gasteiger charge is -2.14. The Morgan fingerprint density at radius 3 is 2.69 bits per heavy atom. The molecule has 0 unspecified atom stereocenters. The SMILES string of the molecule is Nc1ncccc1NCCCNCCc1ccc(OC(F)(F)F)c(CC(=O)O)c1. The molecule has 158 valence electrons. The van der Waals surface area contributed by atoms with Gasteiger partial charge in [-0.3, -0.25) is 4.79 Å². The minimum atomic E-state index is -4.87. The van der Waals surface area contributed by atoms with E-state index < -0.39 is 24.5 Å². The maximum absolute atomic E-state index is 12.4. The first-order chi connectivity index (χ1) is 13.7. The third-order valence-corrected chi connectivity index (χ3v) is 3.97. The monoisotopic (exact) mass is 412 g/mol. The van der Waals surface area contributed by atoms with E-state index in [1.165, 1.54) is 12.1 Å². The zero-order valence-electron chi connectivity index (χ0n) is 15.6. The topological polar surface area (TPSA) is 110 Å². The van der Waals surface area contributed by atoms with Gasteiger partial charge in [0, 0.05) is 18.3 Å². The number of ether oxygens (including phenoxy) is 1. The predicted molar refractivity (Wildman–Crippen MR) is 103 cm³/mol. The molecular weight excluding hydrogens is 389 g/mol. The molecule has 2 rings (SSSR count). The summed E-state index contributed by atoms with van der Waals surface area (Å²) in [6.07, 6.45) is -2.43. The molecule has 1 aromatic heterocycles. The third-order valence-electron chi connectivity index (χ3n) is 3.97. The van der Waals surface area contributed by atoms with Crippen molar-refractivity contribution >= 4 is 17.5 Å². The Morgan fingerprint density at radius 1 is 1.21 bits per heavy atom. The van der Waals surface area contributed by atoms with Crippen LogP contribution >= 0.6 is 0 Å². The molecule has 2 aromatic rings. The summed E-state index contributed by atoms with van der Waals surface area (Å²) in [4.78, 5) is 14.9. The molecule has 10 heteroatoms. The molecule has 1 heterocycles. The minimum absolute atomic E-state index is 0.00872. The highest BCUT2D eigenvalue weighted by molar-refractivity contribution is 5.71. The van der Waals surface area contributed by atoms with Crippen LogP contribution in [0.3, 0.4) is 0 Å². The van der Waals surface area contributed by atoms with Crippen LogP contribution in [0.1, 0.15) is 17.5 Å². The maximum atomic E-state index is 12.4. The van der Waals surface area contributed by atoms with Crippen LogP contribution in [-0.4, -0.2) is 42.1 Å². The number of aromatic nitrogens is 1. The van der Waals surface area contributed by atoms with E-state index in [9.17, 15) is 18.0 Å². The van der Waals surface area contributed by atoms with Gasteiger partial charge in [0.1, 0.15) is 11.6 Å². The Labute approximate surface area is 166 Å². The molecule has 0 atom stereocenters. The maximum Gasteiger partial charge on any atom is 0.573 e. The fourth-order valence-electron chi connectivity index (χ4n) is 2.67. The van der Waals surface area contributed by atoms with E-state index in [1.54, 1.807) is 12.3 Å². The number of carbonyl (C=O) groups is 1. The highest BCUT2D eigenvalue weighted by Crippen LogP contribution is 2.28. The van der Waals surface area contributed by atoms with E-state index >= 15 is 0 Å². The smallest absolute Gasteiger partial charge is 0.481 e. The third kappa shape index (κ3) is 8.26. The number of pyridine rings is 1. The number of nitrogen functional groups attached to an aromatic ring is 1. The van der Waals surface area contributed by atoms with Crippen LogP contribution in [0.2, 0.25) is 0 Å². The van der Waals surface area contributed by atoms with Crippen LogP contribution in [-0.2, 0) is 17.6 Å². The molecule has 5 N–H and O–H groups in total. The fraction of sp³-hybridized carbons (Fsp3) is 0.368. The molecule has 0 saturated carbocycles. The van der Waals surface area contributed by atoms with Crippen molar-refractivity contribution in [3.8, 4) is 5.75 Å². The number of hydrogen-bond donors (Lipinski definition) is 4. The average molecular weight is 412 g/mol. The first kappa shape index (κ1) is 22.3. The molecule has 0 aliphatic heterocycles. The van der Waals surface area contributed by atoms with Crippen molar-refractivity contribution in [1.82, 2.24) is 10.3 Å². The summed E-state index contributed by atoms with van der Waals surface area (Å²) in [6.45, 7) is 2.03. The molecular formula is C19H23F3N4O3. The van der Waals surface area contributed by atoms with Gasteiger partial charge in [0.2, 0.25) is 0 Å². The Morgan fingerprint density at radius 2 is 2.00 bits per heavy atom. The molecule has 0 saturated heterocycles. The van der Waals surface area contributed by atoms with Gasteiger partial charge in [-0.05, 0) is 49.7 Å². The van der Waals surface area contributed by atoms with Crippen LogP contribution in [0.25, 0.3) is 0 Å². The molecule has 29 heavy (non-hydrogen) atoms. The normalized spacial score (nSPS) is 11.3. The number of nitrogens with one attached hydrogen (secondary N) is 2. The largest absolute Gasteiger partial charge is 0.573 e. The minimum Gasteiger partial charge on any atom is -0.481 e. The molecule has 0 spiro atoms. The second-order valence-corrected chi connectivity index (χ2v) is 6.28. The zero-order valence-corrected chi connectivity index (χ0v) is 15.6. The molecule has 0 amide bonds. The second kappa shape index (κ2) is 10.5. The summed E-state index contributed by atoms with van der Waals surface area (Å²) in [5.41, 5.74) is 7.23. The summed E-state index contributed by atoms with van der Waals surface area (Å²) in [7, 11) is 0. The van der Waals surface area contributed by atoms with Crippen molar-refractivity contribution in [1.29, 1.82) is 0 Å². The molecule has 0 aliphatic carbocycles. The quantitative estimate of drug-likeness (QED) is 0.420. The average Bonchev–Trinajstić information content (AvgIpc) is 2.63. The van der Waals surface area contributed by atoms with Crippen LogP contribution in [0.15, 0.2) is 36.5 Å². The first-order valence-electron chi connectivity index (χ1n) is 8.99. The Balaban J connectivity index is 1.76. The van der Waals surface area contributed by atoms with Crippen molar-refractivity contribution in [2.45, 2.75) is 25.6 Å². The number of nitrogens with zero attached hydrogens (tertiary/aromatic N) is 1. The standard InChI is InChI=1S/C19H23F3N4O3/c20-19(21,22)29-16-5-4-13(11-14(16)12-17(27)28)6-10-24-7-2-9-25-15-3-1-8-26-18(15)23/h1,3-5,8,11,24-25H,2,6-7,9-10,12H2,(H2,23,26)(H,27,28). The number of rotatable bonds is 11. The first-order valence-corrected chi connectivity index (χ1v) is 8.99. The summed E-state index contributed by atoms with van der Waals surface area (Å²) >= 11 is 0. The van der Waals surface area contributed by atoms with E-state index in [0.29, 0.717) is 25.3 Å².